The van der Waals surface area contributed by atoms with Crippen LogP contribution in [0, 0.1) is 0 Å². The van der Waals surface area contributed by atoms with Gasteiger partial charge in [-0.2, -0.15) is 10.2 Å². The molecular formula is C11H8F2N2. The summed E-state index contributed by atoms with van der Waals surface area (Å²) in [6.45, 7) is -0.358. The van der Waals surface area contributed by atoms with Gasteiger partial charge in [-0.15, -0.1) is 0 Å². The first-order valence-electron chi connectivity index (χ1n) is 4.66. The van der Waals surface area contributed by atoms with Crippen molar-refractivity contribution in [3.05, 3.63) is 36.4 Å². The largest absolute Gasteiger partial charge is 0.187 e. The molecule has 0 saturated carbocycles. The topological polar surface area (TPSA) is 6.48 Å². The molecule has 0 saturated heterocycles. The van der Waals surface area contributed by atoms with E-state index in [0.29, 0.717) is 15.9 Å². The number of anilines is 2. The lowest BCUT2D eigenvalue weighted by Gasteiger charge is -2.07. The highest BCUT2D eigenvalue weighted by Gasteiger charge is 2.27. The van der Waals surface area contributed by atoms with E-state index in [0.717, 1.165) is 10.8 Å². The van der Waals surface area contributed by atoms with Gasteiger partial charge in [-0.05, 0) is 11.5 Å². The Morgan fingerprint density at radius 3 is 2.60 bits per heavy atom. The summed E-state index contributed by atoms with van der Waals surface area (Å²) in [5.74, 6) is 0. The Hall–Kier alpha value is -1.84. The number of hydrogen-bond donors (Lipinski definition) is 0. The molecule has 2 nitrogen and oxygen atoms in total. The lowest BCUT2D eigenvalue weighted by atomic mass is 10.1. The maximum absolute atomic E-state index is 13.4. The fourth-order valence-corrected chi connectivity index (χ4v) is 1.95. The average molecular weight is 206 g/mol. The molecule has 2 aromatic carbocycles. The van der Waals surface area contributed by atoms with Crippen LogP contribution in [-0.2, 0) is 0 Å². The Labute approximate surface area is 85.2 Å². The van der Waals surface area contributed by atoms with Crippen LogP contribution in [0.3, 0.4) is 0 Å². The minimum absolute atomic E-state index is 0.288. The first-order valence-corrected chi connectivity index (χ1v) is 4.66. The highest BCUT2D eigenvalue weighted by atomic mass is 19.2. The van der Waals surface area contributed by atoms with Crippen LogP contribution in [0.25, 0.3) is 10.8 Å². The zero-order chi connectivity index (χ0) is 10.4. The first kappa shape index (κ1) is 8.47. The molecule has 0 aliphatic carbocycles. The van der Waals surface area contributed by atoms with E-state index >= 15 is 0 Å². The first-order chi connectivity index (χ1) is 7.27. The third-order valence-electron chi connectivity index (χ3n) is 2.63. The lowest BCUT2D eigenvalue weighted by molar-refractivity contribution is 0.378. The van der Waals surface area contributed by atoms with E-state index in [1.807, 2.05) is 18.2 Å². The number of rotatable bonds is 0. The molecule has 0 atom stereocenters. The Morgan fingerprint density at radius 2 is 1.73 bits per heavy atom. The van der Waals surface area contributed by atoms with Crippen LogP contribution in [0.4, 0.5) is 20.3 Å². The predicted molar refractivity (Wildman–Crippen MR) is 56.0 cm³/mol. The minimum atomic E-state index is -0.358. The Balaban J connectivity index is 2.39. The van der Waals surface area contributed by atoms with E-state index in [4.69, 9.17) is 0 Å². The van der Waals surface area contributed by atoms with Gasteiger partial charge in [-0.25, -0.2) is 0 Å². The van der Waals surface area contributed by atoms with Crippen LogP contribution >= 0.6 is 0 Å². The fourth-order valence-electron chi connectivity index (χ4n) is 1.95. The molecule has 0 bridgehead atoms. The van der Waals surface area contributed by atoms with Gasteiger partial charge in [0, 0.05) is 5.39 Å². The summed E-state index contributed by atoms with van der Waals surface area (Å²) >= 11 is 0. The quantitative estimate of drug-likeness (QED) is 0.611. The molecule has 0 unspecified atom stereocenters. The van der Waals surface area contributed by atoms with Gasteiger partial charge in [0.1, 0.15) is 5.69 Å². The third kappa shape index (κ3) is 1.08. The SMILES string of the molecule is FN1CN(F)c2c1ccc1ccccc21. The van der Waals surface area contributed by atoms with Crippen molar-refractivity contribution in [3.63, 3.8) is 0 Å². The molecule has 1 aliphatic rings. The molecule has 15 heavy (non-hydrogen) atoms. The molecule has 4 heteroatoms. The van der Waals surface area contributed by atoms with Gasteiger partial charge >= 0.3 is 0 Å². The summed E-state index contributed by atoms with van der Waals surface area (Å²) in [6, 6.07) is 10.7. The van der Waals surface area contributed by atoms with Crippen molar-refractivity contribution < 1.29 is 8.96 Å². The number of nitrogens with zero attached hydrogens (tertiary/aromatic N) is 2. The van der Waals surface area contributed by atoms with Crippen LogP contribution < -0.4 is 10.2 Å². The van der Waals surface area contributed by atoms with E-state index in [2.05, 4.69) is 0 Å². The summed E-state index contributed by atoms with van der Waals surface area (Å²) in [5.41, 5.74) is 0.604. The predicted octanol–water partition coefficient (Wildman–Crippen LogP) is 3.19. The summed E-state index contributed by atoms with van der Waals surface area (Å²) in [6.07, 6.45) is 0. The van der Waals surface area contributed by atoms with Crippen LogP contribution in [0.2, 0.25) is 0 Å². The Kier molecular flexibility index (Phi) is 1.59. The Morgan fingerprint density at radius 1 is 0.933 bits per heavy atom. The Bertz CT molecular complexity index is 527. The average Bonchev–Trinajstić information content (AvgIpc) is 2.55. The van der Waals surface area contributed by atoms with E-state index in [9.17, 15) is 8.96 Å². The summed E-state index contributed by atoms with van der Waals surface area (Å²) in [5, 5.41) is 2.48. The van der Waals surface area contributed by atoms with Crippen molar-refractivity contribution in [1.82, 2.24) is 0 Å². The second-order valence-corrected chi connectivity index (χ2v) is 3.52. The van der Waals surface area contributed by atoms with E-state index < -0.39 is 0 Å². The van der Waals surface area contributed by atoms with Crippen LogP contribution in [-0.4, -0.2) is 6.67 Å². The maximum atomic E-state index is 13.4. The van der Waals surface area contributed by atoms with Gasteiger partial charge in [-0.1, -0.05) is 39.3 Å². The van der Waals surface area contributed by atoms with Gasteiger partial charge in [0.05, 0.1) is 5.69 Å². The molecule has 0 aromatic heterocycles. The van der Waals surface area contributed by atoms with Crippen molar-refractivity contribution in [2.24, 2.45) is 0 Å². The van der Waals surface area contributed by atoms with Crippen molar-refractivity contribution >= 4 is 22.1 Å². The van der Waals surface area contributed by atoms with Crippen molar-refractivity contribution in [3.8, 4) is 0 Å². The molecule has 0 spiro atoms. The van der Waals surface area contributed by atoms with Crippen LogP contribution in [0.5, 0.6) is 0 Å². The fraction of sp³-hybridized carbons (Fsp3) is 0.0909. The van der Waals surface area contributed by atoms with Gasteiger partial charge in [0.15, 0.2) is 6.67 Å². The van der Waals surface area contributed by atoms with Gasteiger partial charge < -0.3 is 0 Å². The molecule has 2 aromatic rings. The van der Waals surface area contributed by atoms with E-state index in [1.165, 1.54) is 0 Å². The second-order valence-electron chi connectivity index (χ2n) is 3.52. The van der Waals surface area contributed by atoms with Crippen molar-refractivity contribution in [2.75, 3.05) is 16.9 Å². The number of benzene rings is 2. The van der Waals surface area contributed by atoms with Gasteiger partial charge in [0.2, 0.25) is 0 Å². The number of halogens is 2. The lowest BCUT2D eigenvalue weighted by Crippen LogP contribution is -2.17. The highest BCUT2D eigenvalue weighted by Crippen LogP contribution is 2.41. The molecule has 0 N–H and O–H groups in total. The highest BCUT2D eigenvalue weighted by molar-refractivity contribution is 6.01. The zero-order valence-corrected chi connectivity index (χ0v) is 7.82. The van der Waals surface area contributed by atoms with E-state index in [-0.39, 0.29) is 12.4 Å². The van der Waals surface area contributed by atoms with Crippen LogP contribution in [0.1, 0.15) is 0 Å². The molecule has 1 heterocycles. The van der Waals surface area contributed by atoms with Crippen molar-refractivity contribution in [2.45, 2.75) is 0 Å². The van der Waals surface area contributed by atoms with Gasteiger partial charge in [0.25, 0.3) is 0 Å². The van der Waals surface area contributed by atoms with E-state index in [1.54, 1.807) is 18.2 Å². The molecular weight excluding hydrogens is 198 g/mol. The number of fused-ring (bicyclic) bond motifs is 3. The van der Waals surface area contributed by atoms with Crippen molar-refractivity contribution in [1.29, 1.82) is 0 Å². The smallest absolute Gasteiger partial charge is 0.152 e. The number of hydrogen-bond acceptors (Lipinski definition) is 2. The standard InChI is InChI=1S/C11H8F2N2/c12-14-7-15(13)11-9-4-2-1-3-8(9)5-6-10(11)14/h1-6H,7H2. The molecule has 0 fully saturated rings. The zero-order valence-electron chi connectivity index (χ0n) is 7.82. The molecule has 1 aliphatic heterocycles. The third-order valence-corrected chi connectivity index (χ3v) is 2.63. The van der Waals surface area contributed by atoms with Crippen LogP contribution in [0.15, 0.2) is 36.4 Å². The molecule has 3 rings (SSSR count). The second kappa shape index (κ2) is 2.82. The maximum Gasteiger partial charge on any atom is 0.152 e. The minimum Gasteiger partial charge on any atom is -0.187 e. The summed E-state index contributed by atoms with van der Waals surface area (Å²) < 4.78 is 26.7. The summed E-state index contributed by atoms with van der Waals surface area (Å²) in [7, 11) is 0. The molecule has 0 radical (unpaired) electrons. The summed E-state index contributed by atoms with van der Waals surface area (Å²) in [4.78, 5) is 0. The van der Waals surface area contributed by atoms with Gasteiger partial charge in [-0.3, -0.25) is 0 Å². The normalized spacial score (nSPS) is 14.8. The molecule has 0 amide bonds. The monoisotopic (exact) mass is 206 g/mol. The molecule has 76 valence electrons.